The Kier molecular flexibility index (Phi) is 3.06. The van der Waals surface area contributed by atoms with Crippen molar-refractivity contribution in [2.75, 3.05) is 0 Å². The predicted molar refractivity (Wildman–Crippen MR) is 58.1 cm³/mol. The van der Waals surface area contributed by atoms with Crippen molar-refractivity contribution in [2.45, 2.75) is 38.7 Å². The highest BCUT2D eigenvalue weighted by Gasteiger charge is 2.22. The van der Waals surface area contributed by atoms with Gasteiger partial charge in [-0.1, -0.05) is 18.9 Å². The Balaban J connectivity index is 1.99. The molecule has 0 aliphatic heterocycles. The summed E-state index contributed by atoms with van der Waals surface area (Å²) in [4.78, 5) is 0. The summed E-state index contributed by atoms with van der Waals surface area (Å²) in [6.07, 6.45) is 4.10. The number of aryl methyl sites for hydroxylation is 1. The number of hydrogen-bond donors (Lipinski definition) is 1. The summed E-state index contributed by atoms with van der Waals surface area (Å²) in [5.41, 5.74) is 1.72. The Morgan fingerprint density at radius 3 is 2.80 bits per heavy atom. The molecule has 1 atom stereocenters. The summed E-state index contributed by atoms with van der Waals surface area (Å²) >= 11 is 0. The minimum absolute atomic E-state index is 0.231. The van der Waals surface area contributed by atoms with Crippen molar-refractivity contribution < 1.29 is 9.50 Å². The molecule has 0 amide bonds. The molecule has 1 aromatic carbocycles. The lowest BCUT2D eigenvalue weighted by Crippen LogP contribution is -2.01. The Hall–Kier alpha value is -0.890. The van der Waals surface area contributed by atoms with E-state index in [9.17, 15) is 9.50 Å². The van der Waals surface area contributed by atoms with Gasteiger partial charge in [0.25, 0.3) is 0 Å². The highest BCUT2D eigenvalue weighted by atomic mass is 19.1. The van der Waals surface area contributed by atoms with Crippen molar-refractivity contribution >= 4 is 0 Å². The van der Waals surface area contributed by atoms with Gasteiger partial charge in [0.2, 0.25) is 0 Å². The lowest BCUT2D eigenvalue weighted by Gasteiger charge is -2.13. The van der Waals surface area contributed by atoms with E-state index >= 15 is 0 Å². The van der Waals surface area contributed by atoms with Gasteiger partial charge in [0.05, 0.1) is 6.10 Å². The van der Waals surface area contributed by atoms with E-state index in [0.29, 0.717) is 0 Å². The van der Waals surface area contributed by atoms with Gasteiger partial charge in [-0.2, -0.15) is 0 Å². The Morgan fingerprint density at radius 1 is 1.47 bits per heavy atom. The molecule has 2 rings (SSSR count). The zero-order chi connectivity index (χ0) is 10.8. The summed E-state index contributed by atoms with van der Waals surface area (Å²) in [5.74, 6) is 0.603. The fourth-order valence-corrected chi connectivity index (χ4v) is 1.97. The average molecular weight is 208 g/mol. The molecule has 0 bridgehead atoms. The van der Waals surface area contributed by atoms with Gasteiger partial charge in [-0.25, -0.2) is 4.39 Å². The van der Waals surface area contributed by atoms with Crippen LogP contribution < -0.4 is 0 Å². The number of hydrogen-bond acceptors (Lipinski definition) is 1. The van der Waals surface area contributed by atoms with E-state index < -0.39 is 6.10 Å². The Morgan fingerprint density at radius 2 is 2.20 bits per heavy atom. The Labute approximate surface area is 89.9 Å². The van der Waals surface area contributed by atoms with Crippen molar-refractivity contribution in [1.29, 1.82) is 0 Å². The van der Waals surface area contributed by atoms with Crippen LogP contribution in [0.3, 0.4) is 0 Å². The standard InChI is InChI=1S/C13H17FO/c1-9-8-11(14)5-6-12(9)13(15)7-4-10-2-3-10/h5-6,8,10,13,15H,2-4,7H2,1H3. The van der Waals surface area contributed by atoms with Crippen LogP contribution in [0.2, 0.25) is 0 Å². The third-order valence-corrected chi connectivity index (χ3v) is 3.14. The fourth-order valence-electron chi connectivity index (χ4n) is 1.97. The van der Waals surface area contributed by atoms with Crippen molar-refractivity contribution in [3.8, 4) is 0 Å². The van der Waals surface area contributed by atoms with Crippen LogP contribution in [0.4, 0.5) is 4.39 Å². The molecule has 82 valence electrons. The first-order chi connectivity index (χ1) is 7.16. The zero-order valence-electron chi connectivity index (χ0n) is 9.04. The van der Waals surface area contributed by atoms with Gasteiger partial charge >= 0.3 is 0 Å². The van der Waals surface area contributed by atoms with Crippen molar-refractivity contribution in [2.24, 2.45) is 5.92 Å². The largest absolute Gasteiger partial charge is 0.388 e. The summed E-state index contributed by atoms with van der Waals surface area (Å²) in [5, 5.41) is 9.95. The molecule has 0 radical (unpaired) electrons. The predicted octanol–water partition coefficient (Wildman–Crippen LogP) is 3.36. The van der Waals surface area contributed by atoms with Gasteiger partial charge in [0.1, 0.15) is 5.82 Å². The third kappa shape index (κ3) is 2.78. The molecule has 1 aromatic rings. The van der Waals surface area contributed by atoms with E-state index in [1.54, 1.807) is 6.07 Å². The van der Waals surface area contributed by atoms with Crippen LogP contribution in [0.25, 0.3) is 0 Å². The zero-order valence-corrected chi connectivity index (χ0v) is 9.04. The third-order valence-electron chi connectivity index (χ3n) is 3.14. The number of benzene rings is 1. The van der Waals surface area contributed by atoms with E-state index in [1.165, 1.54) is 25.0 Å². The topological polar surface area (TPSA) is 20.2 Å². The molecule has 1 unspecified atom stereocenters. The molecule has 1 fully saturated rings. The van der Waals surface area contributed by atoms with E-state index in [2.05, 4.69) is 0 Å². The monoisotopic (exact) mass is 208 g/mol. The molecule has 1 aliphatic carbocycles. The second kappa shape index (κ2) is 4.31. The molecule has 1 nitrogen and oxygen atoms in total. The highest BCUT2D eigenvalue weighted by Crippen LogP contribution is 2.36. The molecular formula is C13H17FO. The molecule has 1 saturated carbocycles. The normalized spacial score (nSPS) is 17.8. The van der Waals surface area contributed by atoms with Gasteiger partial charge in [-0.05, 0) is 48.9 Å². The number of aliphatic hydroxyl groups is 1. The fraction of sp³-hybridized carbons (Fsp3) is 0.538. The van der Waals surface area contributed by atoms with Gasteiger partial charge in [-0.15, -0.1) is 0 Å². The minimum atomic E-state index is -0.425. The maximum absolute atomic E-state index is 12.9. The summed E-state index contributed by atoms with van der Waals surface area (Å²) in [6, 6.07) is 4.60. The summed E-state index contributed by atoms with van der Waals surface area (Å²) < 4.78 is 12.9. The lowest BCUT2D eigenvalue weighted by atomic mass is 9.99. The van der Waals surface area contributed by atoms with Gasteiger partial charge in [0, 0.05) is 0 Å². The van der Waals surface area contributed by atoms with Crippen LogP contribution in [0, 0.1) is 18.7 Å². The number of rotatable bonds is 4. The molecule has 2 heteroatoms. The van der Waals surface area contributed by atoms with E-state index in [4.69, 9.17) is 0 Å². The molecule has 0 saturated heterocycles. The summed E-state index contributed by atoms with van der Waals surface area (Å²) in [6.45, 7) is 1.85. The minimum Gasteiger partial charge on any atom is -0.388 e. The molecule has 1 aliphatic rings. The maximum Gasteiger partial charge on any atom is 0.123 e. The SMILES string of the molecule is Cc1cc(F)ccc1C(O)CCC1CC1. The van der Waals surface area contributed by atoms with Crippen LogP contribution in [-0.4, -0.2) is 5.11 Å². The first-order valence-corrected chi connectivity index (χ1v) is 5.61. The average Bonchev–Trinajstić information content (AvgIpc) is 2.97. The van der Waals surface area contributed by atoms with Gasteiger partial charge in [0.15, 0.2) is 0 Å². The first kappa shape index (κ1) is 10.6. The molecule has 0 heterocycles. The molecular weight excluding hydrogens is 191 g/mol. The van der Waals surface area contributed by atoms with Gasteiger partial charge < -0.3 is 5.11 Å². The van der Waals surface area contributed by atoms with E-state index in [-0.39, 0.29) is 5.82 Å². The highest BCUT2D eigenvalue weighted by molar-refractivity contribution is 5.28. The second-order valence-corrected chi connectivity index (χ2v) is 4.54. The number of halogens is 1. The van der Waals surface area contributed by atoms with Crippen molar-refractivity contribution in [3.63, 3.8) is 0 Å². The maximum atomic E-state index is 12.9. The van der Waals surface area contributed by atoms with Crippen LogP contribution >= 0.6 is 0 Å². The Bertz CT molecular complexity index is 344. The van der Waals surface area contributed by atoms with Crippen LogP contribution in [0.5, 0.6) is 0 Å². The molecule has 1 N–H and O–H groups in total. The van der Waals surface area contributed by atoms with E-state index in [0.717, 1.165) is 29.9 Å². The van der Waals surface area contributed by atoms with Crippen LogP contribution in [0.1, 0.15) is 42.9 Å². The smallest absolute Gasteiger partial charge is 0.123 e. The van der Waals surface area contributed by atoms with Crippen LogP contribution in [0.15, 0.2) is 18.2 Å². The lowest BCUT2D eigenvalue weighted by molar-refractivity contribution is 0.161. The quantitative estimate of drug-likeness (QED) is 0.804. The molecule has 15 heavy (non-hydrogen) atoms. The first-order valence-electron chi connectivity index (χ1n) is 5.61. The second-order valence-electron chi connectivity index (χ2n) is 4.54. The van der Waals surface area contributed by atoms with Crippen LogP contribution in [-0.2, 0) is 0 Å². The van der Waals surface area contributed by atoms with Gasteiger partial charge in [-0.3, -0.25) is 0 Å². The molecule has 0 aromatic heterocycles. The van der Waals surface area contributed by atoms with E-state index in [1.807, 2.05) is 6.92 Å². The van der Waals surface area contributed by atoms with Crippen molar-refractivity contribution in [1.82, 2.24) is 0 Å². The summed E-state index contributed by atoms with van der Waals surface area (Å²) in [7, 11) is 0. The van der Waals surface area contributed by atoms with Crippen molar-refractivity contribution in [3.05, 3.63) is 35.1 Å². The number of aliphatic hydroxyl groups excluding tert-OH is 1. The molecule has 0 spiro atoms.